The van der Waals surface area contributed by atoms with E-state index in [1.165, 1.54) is 0 Å². The summed E-state index contributed by atoms with van der Waals surface area (Å²) in [4.78, 5) is 39.4. The van der Waals surface area contributed by atoms with Crippen LogP contribution in [0.4, 0.5) is 0 Å². The lowest BCUT2D eigenvalue weighted by Crippen LogP contribution is -2.20. The van der Waals surface area contributed by atoms with Gasteiger partial charge in [-0.25, -0.2) is 15.0 Å². The summed E-state index contributed by atoms with van der Waals surface area (Å²) in [5.41, 5.74) is 9.90. The monoisotopic (exact) mass is 442 g/mol. The molecule has 4 rings (SSSR count). The zero-order chi connectivity index (χ0) is 23.5. The van der Waals surface area contributed by atoms with E-state index in [0.29, 0.717) is 46.0 Å². The topological polar surface area (TPSA) is 155 Å². The fourth-order valence-electron chi connectivity index (χ4n) is 3.31. The van der Waals surface area contributed by atoms with Crippen LogP contribution in [0.25, 0.3) is 39.2 Å². The second-order valence-electron chi connectivity index (χ2n) is 7.31. The third-order valence-electron chi connectivity index (χ3n) is 5.13. The minimum Gasteiger partial charge on any atom is -0.366 e. The van der Waals surface area contributed by atoms with Crippen LogP contribution in [0.2, 0.25) is 0 Å². The number of nitrogens with one attached hydrogen (secondary N) is 3. The number of primary amides is 1. The number of pyridine rings is 1. The number of nitrogens with two attached hydrogens (primary N) is 1. The summed E-state index contributed by atoms with van der Waals surface area (Å²) in [7, 11) is 0. The van der Waals surface area contributed by atoms with E-state index in [0.717, 1.165) is 16.5 Å². The van der Waals surface area contributed by atoms with Crippen LogP contribution in [0.1, 0.15) is 36.2 Å². The lowest BCUT2D eigenvalue weighted by Gasteiger charge is -2.03. The van der Waals surface area contributed by atoms with Gasteiger partial charge in [0.1, 0.15) is 17.0 Å². The summed E-state index contributed by atoms with van der Waals surface area (Å²) in [6.07, 6.45) is 5.56. The van der Waals surface area contributed by atoms with Gasteiger partial charge in [0.05, 0.1) is 16.5 Å². The molecule has 166 valence electrons. The van der Waals surface area contributed by atoms with Crippen molar-refractivity contribution in [2.45, 2.75) is 20.3 Å². The standard InChI is InChI=1S/C23H22N8O2/c1-4-18(32)28-17(25-3)9-8-12(2)13-10-15-20(30-31-22(15)26-11-13)23-27-16-7-5-6-14(21(24)33)19(16)29-23/h5-11H,3-4H2,1-2H3,(H2,24,33)(H,27,29)(H,28,32)(H,26,30,31). The Morgan fingerprint density at radius 3 is 2.85 bits per heavy atom. The largest absolute Gasteiger partial charge is 0.366 e. The molecule has 0 radical (unpaired) electrons. The molecule has 0 spiro atoms. The van der Waals surface area contributed by atoms with E-state index in [-0.39, 0.29) is 5.91 Å². The summed E-state index contributed by atoms with van der Waals surface area (Å²) in [5.74, 6) is 0.194. The van der Waals surface area contributed by atoms with Crippen molar-refractivity contribution >= 4 is 46.2 Å². The number of nitrogens with zero attached hydrogens (tertiary/aromatic N) is 4. The number of amides is 2. The van der Waals surface area contributed by atoms with E-state index in [1.54, 1.807) is 31.3 Å². The third-order valence-corrected chi connectivity index (χ3v) is 5.13. The van der Waals surface area contributed by atoms with Crippen molar-refractivity contribution in [3.63, 3.8) is 0 Å². The van der Waals surface area contributed by atoms with Crippen molar-refractivity contribution in [1.29, 1.82) is 0 Å². The van der Waals surface area contributed by atoms with Gasteiger partial charge in [0.2, 0.25) is 5.91 Å². The summed E-state index contributed by atoms with van der Waals surface area (Å²) in [6.45, 7) is 7.17. The van der Waals surface area contributed by atoms with Gasteiger partial charge in [0, 0.05) is 12.6 Å². The zero-order valence-corrected chi connectivity index (χ0v) is 18.1. The predicted octanol–water partition coefficient (Wildman–Crippen LogP) is 3.07. The number of allylic oxidation sites excluding steroid dienone is 3. The van der Waals surface area contributed by atoms with E-state index in [2.05, 4.69) is 42.2 Å². The molecule has 4 aromatic rings. The molecule has 0 saturated heterocycles. The molecule has 0 aliphatic heterocycles. The number of carbonyl (C=O) groups is 2. The van der Waals surface area contributed by atoms with Crippen LogP contribution in [0.3, 0.4) is 0 Å². The summed E-state index contributed by atoms with van der Waals surface area (Å²) >= 11 is 0. The van der Waals surface area contributed by atoms with E-state index < -0.39 is 5.91 Å². The highest BCUT2D eigenvalue weighted by molar-refractivity contribution is 6.05. The molecule has 0 bridgehead atoms. The van der Waals surface area contributed by atoms with Gasteiger partial charge in [-0.05, 0) is 49.1 Å². The quantitative estimate of drug-likeness (QED) is 0.256. The summed E-state index contributed by atoms with van der Waals surface area (Å²) in [6, 6.07) is 7.14. The maximum absolute atomic E-state index is 11.7. The molecule has 1 aromatic carbocycles. The first-order chi connectivity index (χ1) is 15.9. The molecule has 10 heteroatoms. The molecule has 5 N–H and O–H groups in total. The van der Waals surface area contributed by atoms with Crippen LogP contribution < -0.4 is 11.1 Å². The summed E-state index contributed by atoms with van der Waals surface area (Å²) < 4.78 is 0. The number of H-pyrrole nitrogens is 2. The molecule has 0 saturated carbocycles. The van der Waals surface area contributed by atoms with Gasteiger partial charge in [0.15, 0.2) is 11.5 Å². The van der Waals surface area contributed by atoms with E-state index in [9.17, 15) is 9.59 Å². The van der Waals surface area contributed by atoms with Crippen LogP contribution in [0, 0.1) is 0 Å². The molecule has 2 amide bonds. The number of para-hydroxylation sites is 1. The number of hydrogen-bond acceptors (Lipinski definition) is 6. The van der Waals surface area contributed by atoms with E-state index >= 15 is 0 Å². The van der Waals surface area contributed by atoms with Gasteiger partial charge in [-0.15, -0.1) is 0 Å². The van der Waals surface area contributed by atoms with Gasteiger partial charge in [-0.3, -0.25) is 14.7 Å². The van der Waals surface area contributed by atoms with Gasteiger partial charge >= 0.3 is 0 Å². The smallest absolute Gasteiger partial charge is 0.250 e. The number of aromatic nitrogens is 5. The van der Waals surface area contributed by atoms with Crippen molar-refractivity contribution in [2.75, 3.05) is 0 Å². The number of aromatic amines is 2. The lowest BCUT2D eigenvalue weighted by molar-refractivity contribution is -0.120. The fourth-order valence-corrected chi connectivity index (χ4v) is 3.31. The Morgan fingerprint density at radius 2 is 2.12 bits per heavy atom. The molecule has 0 aliphatic rings. The molecule has 0 atom stereocenters. The zero-order valence-electron chi connectivity index (χ0n) is 18.1. The molecule has 10 nitrogen and oxygen atoms in total. The molecule has 0 unspecified atom stereocenters. The highest BCUT2D eigenvalue weighted by atomic mass is 16.2. The first-order valence-electron chi connectivity index (χ1n) is 10.2. The number of imidazole rings is 1. The van der Waals surface area contributed by atoms with Crippen LogP contribution in [0.5, 0.6) is 0 Å². The van der Waals surface area contributed by atoms with Crippen LogP contribution in [0.15, 0.2) is 53.4 Å². The molecule has 0 fully saturated rings. The lowest BCUT2D eigenvalue weighted by atomic mass is 10.1. The Morgan fingerprint density at radius 1 is 1.30 bits per heavy atom. The van der Waals surface area contributed by atoms with Gasteiger partial charge in [0.25, 0.3) is 5.91 Å². The van der Waals surface area contributed by atoms with Crippen molar-refractivity contribution in [3.05, 3.63) is 59.6 Å². The van der Waals surface area contributed by atoms with Crippen LogP contribution in [-0.2, 0) is 4.79 Å². The second-order valence-corrected chi connectivity index (χ2v) is 7.31. The van der Waals surface area contributed by atoms with Gasteiger partial charge in [-0.1, -0.05) is 19.1 Å². The molecular formula is C23H22N8O2. The summed E-state index contributed by atoms with van der Waals surface area (Å²) in [5, 5.41) is 10.7. The Bertz CT molecular complexity index is 1460. The first kappa shape index (κ1) is 21.6. The van der Waals surface area contributed by atoms with E-state index in [4.69, 9.17) is 5.73 Å². The Hall–Kier alpha value is -4.60. The normalized spacial score (nSPS) is 12.3. The SMILES string of the molecule is C=NC(=CC=C(C)c1cnc2n[nH]c(-c3nc4c(C(N)=O)cccc4[nH]3)c2c1)NC(=O)CC. The maximum atomic E-state index is 11.7. The highest BCUT2D eigenvalue weighted by Gasteiger charge is 2.16. The van der Waals surface area contributed by atoms with Gasteiger partial charge < -0.3 is 16.0 Å². The minimum absolute atomic E-state index is 0.142. The predicted molar refractivity (Wildman–Crippen MR) is 127 cm³/mol. The molecule has 33 heavy (non-hydrogen) atoms. The number of hydrogen-bond donors (Lipinski definition) is 4. The maximum Gasteiger partial charge on any atom is 0.250 e. The van der Waals surface area contributed by atoms with Crippen molar-refractivity contribution in [2.24, 2.45) is 10.7 Å². The first-order valence-corrected chi connectivity index (χ1v) is 10.2. The van der Waals surface area contributed by atoms with Crippen molar-refractivity contribution in [3.8, 4) is 11.5 Å². The Balaban J connectivity index is 1.73. The molecule has 3 heterocycles. The number of aliphatic imine (C=N–C) groups is 1. The fraction of sp³-hybridized carbons (Fsp3) is 0.130. The minimum atomic E-state index is -0.547. The third kappa shape index (κ3) is 4.26. The number of rotatable bonds is 7. The average molecular weight is 442 g/mol. The van der Waals surface area contributed by atoms with Crippen LogP contribution >= 0.6 is 0 Å². The number of fused-ring (bicyclic) bond motifs is 2. The van der Waals surface area contributed by atoms with Crippen molar-refractivity contribution in [1.82, 2.24) is 30.5 Å². The number of benzene rings is 1. The Labute approximate surface area is 188 Å². The highest BCUT2D eigenvalue weighted by Crippen LogP contribution is 2.28. The van der Waals surface area contributed by atoms with Crippen molar-refractivity contribution < 1.29 is 9.59 Å². The van der Waals surface area contributed by atoms with Crippen LogP contribution in [-0.4, -0.2) is 43.7 Å². The molecule has 0 aliphatic carbocycles. The average Bonchev–Trinajstić information content (AvgIpc) is 3.44. The molecular weight excluding hydrogens is 420 g/mol. The van der Waals surface area contributed by atoms with E-state index in [1.807, 2.05) is 25.1 Å². The molecule has 3 aromatic heterocycles. The number of carbonyl (C=O) groups excluding carboxylic acids is 2. The van der Waals surface area contributed by atoms with Gasteiger partial charge in [-0.2, -0.15) is 5.10 Å². The Kier molecular flexibility index (Phi) is 5.81. The second kappa shape index (κ2) is 8.87.